The highest BCUT2D eigenvalue weighted by Crippen LogP contribution is 2.25. The molecule has 1 fully saturated rings. The standard InChI is InChI=1S/C11H16N2O2/c1-8-9(2)11(15)13(10(8)14)7-5-3-4-6-12/h8-9H,3-5,7H2,1-2H3. The minimum absolute atomic E-state index is 0.0653. The van der Waals surface area contributed by atoms with Crippen LogP contribution in [0.4, 0.5) is 0 Å². The van der Waals surface area contributed by atoms with Crippen molar-refractivity contribution < 1.29 is 9.59 Å². The normalized spacial score (nSPS) is 25.8. The first-order valence-electron chi connectivity index (χ1n) is 5.31. The Morgan fingerprint density at radius 3 is 2.20 bits per heavy atom. The maximum atomic E-state index is 11.6. The van der Waals surface area contributed by atoms with Crippen LogP contribution in [-0.4, -0.2) is 23.3 Å². The first-order chi connectivity index (χ1) is 7.09. The number of carbonyl (C=O) groups is 2. The van der Waals surface area contributed by atoms with Crippen molar-refractivity contribution in [2.45, 2.75) is 33.1 Å². The molecule has 0 aromatic heterocycles. The number of hydrogen-bond donors (Lipinski definition) is 0. The maximum absolute atomic E-state index is 11.6. The summed E-state index contributed by atoms with van der Waals surface area (Å²) in [5, 5.41) is 8.35. The lowest BCUT2D eigenvalue weighted by molar-refractivity contribution is -0.139. The summed E-state index contributed by atoms with van der Waals surface area (Å²) in [6, 6.07) is 2.04. The Kier molecular flexibility index (Phi) is 3.84. The lowest BCUT2D eigenvalue weighted by Gasteiger charge is -2.13. The van der Waals surface area contributed by atoms with Crippen LogP contribution in [0.25, 0.3) is 0 Å². The summed E-state index contributed by atoms with van der Waals surface area (Å²) in [4.78, 5) is 24.6. The van der Waals surface area contributed by atoms with Gasteiger partial charge in [0.25, 0.3) is 0 Å². The Balaban J connectivity index is 2.46. The van der Waals surface area contributed by atoms with Crippen LogP contribution >= 0.6 is 0 Å². The predicted molar refractivity (Wildman–Crippen MR) is 54.5 cm³/mol. The topological polar surface area (TPSA) is 61.2 Å². The van der Waals surface area contributed by atoms with E-state index < -0.39 is 0 Å². The lowest BCUT2D eigenvalue weighted by Crippen LogP contribution is -2.31. The zero-order valence-corrected chi connectivity index (χ0v) is 9.19. The van der Waals surface area contributed by atoms with Crippen molar-refractivity contribution in [2.75, 3.05) is 6.54 Å². The van der Waals surface area contributed by atoms with Crippen LogP contribution < -0.4 is 0 Å². The number of carbonyl (C=O) groups excluding carboxylic acids is 2. The van der Waals surface area contributed by atoms with E-state index in [2.05, 4.69) is 0 Å². The molecule has 2 unspecified atom stereocenters. The molecular formula is C11H16N2O2. The summed E-state index contributed by atoms with van der Waals surface area (Å²) in [5.74, 6) is -0.504. The number of unbranched alkanes of at least 4 members (excludes halogenated alkanes) is 2. The van der Waals surface area contributed by atoms with Crippen LogP contribution in [0, 0.1) is 23.2 Å². The molecule has 0 N–H and O–H groups in total. The summed E-state index contributed by atoms with van der Waals surface area (Å²) in [7, 11) is 0. The highest BCUT2D eigenvalue weighted by Gasteiger charge is 2.41. The second-order valence-corrected chi connectivity index (χ2v) is 4.02. The molecule has 1 heterocycles. The van der Waals surface area contributed by atoms with Gasteiger partial charge in [-0.1, -0.05) is 13.8 Å². The number of likely N-dealkylation sites (tertiary alicyclic amines) is 1. The third kappa shape index (κ3) is 2.35. The van der Waals surface area contributed by atoms with Gasteiger partial charge in [0.2, 0.25) is 11.8 Å². The number of rotatable bonds is 4. The van der Waals surface area contributed by atoms with Gasteiger partial charge in [-0.25, -0.2) is 0 Å². The van der Waals surface area contributed by atoms with Crippen LogP contribution in [0.2, 0.25) is 0 Å². The Hall–Kier alpha value is -1.37. The van der Waals surface area contributed by atoms with Gasteiger partial charge in [0, 0.05) is 24.8 Å². The van der Waals surface area contributed by atoms with E-state index in [1.165, 1.54) is 4.90 Å². The Morgan fingerprint density at radius 2 is 1.73 bits per heavy atom. The fraction of sp³-hybridized carbons (Fsp3) is 0.727. The largest absolute Gasteiger partial charge is 0.282 e. The minimum Gasteiger partial charge on any atom is -0.282 e. The number of nitriles is 1. The molecule has 1 aliphatic heterocycles. The molecule has 0 spiro atoms. The van der Waals surface area contributed by atoms with Crippen molar-refractivity contribution in [3.8, 4) is 6.07 Å². The average Bonchev–Trinajstić information content (AvgIpc) is 2.41. The van der Waals surface area contributed by atoms with E-state index in [0.29, 0.717) is 13.0 Å². The van der Waals surface area contributed by atoms with Crippen molar-refractivity contribution >= 4 is 11.8 Å². The third-order valence-corrected chi connectivity index (χ3v) is 2.98. The van der Waals surface area contributed by atoms with Gasteiger partial charge in [-0.2, -0.15) is 5.26 Å². The molecule has 4 nitrogen and oxygen atoms in total. The molecular weight excluding hydrogens is 192 g/mol. The molecule has 15 heavy (non-hydrogen) atoms. The quantitative estimate of drug-likeness (QED) is 0.517. The van der Waals surface area contributed by atoms with Gasteiger partial charge >= 0.3 is 0 Å². The Morgan fingerprint density at radius 1 is 1.20 bits per heavy atom. The van der Waals surface area contributed by atoms with Crippen LogP contribution in [0.1, 0.15) is 33.1 Å². The zero-order chi connectivity index (χ0) is 11.4. The monoisotopic (exact) mass is 208 g/mol. The molecule has 4 heteroatoms. The Labute approximate surface area is 89.9 Å². The first kappa shape index (κ1) is 11.7. The van der Waals surface area contributed by atoms with E-state index in [0.717, 1.165) is 12.8 Å². The smallest absolute Gasteiger partial charge is 0.232 e. The number of nitrogens with zero attached hydrogens (tertiary/aromatic N) is 2. The van der Waals surface area contributed by atoms with Gasteiger partial charge in [0.15, 0.2) is 0 Å². The van der Waals surface area contributed by atoms with Crippen LogP contribution in [0.15, 0.2) is 0 Å². The summed E-state index contributed by atoms with van der Waals surface area (Å²) >= 11 is 0. The Bertz CT molecular complexity index is 286. The summed E-state index contributed by atoms with van der Waals surface area (Å²) in [6.07, 6.45) is 1.96. The molecule has 0 bridgehead atoms. The molecule has 0 aromatic rings. The second-order valence-electron chi connectivity index (χ2n) is 4.02. The molecule has 1 rings (SSSR count). The first-order valence-corrected chi connectivity index (χ1v) is 5.31. The summed E-state index contributed by atoms with van der Waals surface area (Å²) in [5.41, 5.74) is 0. The minimum atomic E-state index is -0.187. The highest BCUT2D eigenvalue weighted by molar-refractivity contribution is 6.04. The van der Waals surface area contributed by atoms with Crippen molar-refractivity contribution in [2.24, 2.45) is 11.8 Å². The van der Waals surface area contributed by atoms with Gasteiger partial charge in [0.05, 0.1) is 6.07 Å². The van der Waals surface area contributed by atoms with E-state index in [-0.39, 0.29) is 23.7 Å². The number of amides is 2. The molecule has 0 radical (unpaired) electrons. The number of imide groups is 1. The molecule has 1 saturated heterocycles. The second kappa shape index (κ2) is 4.92. The highest BCUT2D eigenvalue weighted by atomic mass is 16.2. The maximum Gasteiger partial charge on any atom is 0.232 e. The third-order valence-electron chi connectivity index (χ3n) is 2.98. The van der Waals surface area contributed by atoms with Gasteiger partial charge in [-0.15, -0.1) is 0 Å². The molecule has 0 aliphatic carbocycles. The average molecular weight is 208 g/mol. The fourth-order valence-electron chi connectivity index (χ4n) is 1.72. The van der Waals surface area contributed by atoms with Crippen LogP contribution in [0.3, 0.4) is 0 Å². The van der Waals surface area contributed by atoms with E-state index >= 15 is 0 Å². The van der Waals surface area contributed by atoms with Gasteiger partial charge in [0.1, 0.15) is 0 Å². The van der Waals surface area contributed by atoms with Crippen molar-refractivity contribution in [1.29, 1.82) is 5.26 Å². The lowest BCUT2D eigenvalue weighted by atomic mass is 10.00. The van der Waals surface area contributed by atoms with Gasteiger partial charge in [-0.3, -0.25) is 14.5 Å². The van der Waals surface area contributed by atoms with Crippen molar-refractivity contribution in [3.05, 3.63) is 0 Å². The van der Waals surface area contributed by atoms with E-state index in [4.69, 9.17) is 5.26 Å². The van der Waals surface area contributed by atoms with E-state index in [1.807, 2.05) is 6.07 Å². The van der Waals surface area contributed by atoms with E-state index in [1.54, 1.807) is 13.8 Å². The van der Waals surface area contributed by atoms with Crippen molar-refractivity contribution in [1.82, 2.24) is 4.90 Å². The number of hydrogen-bond acceptors (Lipinski definition) is 3. The molecule has 82 valence electrons. The molecule has 2 atom stereocenters. The molecule has 1 aliphatic rings. The SMILES string of the molecule is CC1C(=O)N(CCCCC#N)C(=O)C1C. The van der Waals surface area contributed by atoms with Crippen LogP contribution in [0.5, 0.6) is 0 Å². The fourth-order valence-corrected chi connectivity index (χ4v) is 1.72. The van der Waals surface area contributed by atoms with Gasteiger partial charge in [-0.05, 0) is 12.8 Å². The molecule has 0 aromatic carbocycles. The van der Waals surface area contributed by atoms with Gasteiger partial charge < -0.3 is 0 Å². The molecule has 0 saturated carbocycles. The van der Waals surface area contributed by atoms with Crippen LogP contribution in [-0.2, 0) is 9.59 Å². The zero-order valence-electron chi connectivity index (χ0n) is 9.19. The van der Waals surface area contributed by atoms with Crippen molar-refractivity contribution in [3.63, 3.8) is 0 Å². The summed E-state index contributed by atoms with van der Waals surface area (Å²) < 4.78 is 0. The van der Waals surface area contributed by atoms with E-state index in [9.17, 15) is 9.59 Å². The predicted octanol–water partition coefficient (Wildman–Crippen LogP) is 1.32. The summed E-state index contributed by atoms with van der Waals surface area (Å²) in [6.45, 7) is 4.05. The molecule has 2 amide bonds.